The van der Waals surface area contributed by atoms with Gasteiger partial charge in [0, 0.05) is 6.42 Å². The third-order valence-electron chi connectivity index (χ3n) is 3.56. The number of benzene rings is 2. The molecule has 0 aliphatic rings. The van der Waals surface area contributed by atoms with E-state index in [9.17, 15) is 4.79 Å². The number of para-hydroxylation sites is 1. The van der Waals surface area contributed by atoms with Crippen LogP contribution >= 0.6 is 0 Å². The summed E-state index contributed by atoms with van der Waals surface area (Å²) < 4.78 is 1.67. The Bertz CT molecular complexity index is 838. The maximum atomic E-state index is 12.9. The van der Waals surface area contributed by atoms with E-state index >= 15 is 0 Å². The van der Waals surface area contributed by atoms with Crippen LogP contribution in [0.3, 0.4) is 0 Å². The topological polar surface area (TPSA) is 60.9 Å². The zero-order valence-corrected chi connectivity index (χ0v) is 11.9. The molecule has 4 heteroatoms. The number of hydrogen-bond donors (Lipinski definition) is 1. The predicted octanol–water partition coefficient (Wildman–Crippen LogP) is 2.20. The molecule has 3 rings (SSSR count). The molecular formula is C17H17N3O. The van der Waals surface area contributed by atoms with E-state index in [2.05, 4.69) is 4.98 Å². The summed E-state index contributed by atoms with van der Waals surface area (Å²) in [5.74, 6) is 0.701. The molecule has 0 atom stereocenters. The minimum absolute atomic E-state index is 0.0345. The van der Waals surface area contributed by atoms with Crippen LogP contribution in [0.5, 0.6) is 0 Å². The molecule has 1 aromatic heterocycles. The van der Waals surface area contributed by atoms with Crippen LogP contribution < -0.4 is 11.3 Å². The number of hydrogen-bond acceptors (Lipinski definition) is 3. The van der Waals surface area contributed by atoms with E-state index in [-0.39, 0.29) is 5.56 Å². The van der Waals surface area contributed by atoms with Gasteiger partial charge in [0.15, 0.2) is 0 Å². The lowest BCUT2D eigenvalue weighted by atomic mass is 10.1. The normalized spacial score (nSPS) is 11.0. The number of aromatic nitrogens is 2. The van der Waals surface area contributed by atoms with Gasteiger partial charge in [-0.3, -0.25) is 9.36 Å². The standard InChI is InChI=1S/C17H17N3O/c1-12-6-5-9-14-16(12)17(21)20(15(19-14)10-11-18)13-7-3-2-4-8-13/h2-9H,10-11,18H2,1H3. The van der Waals surface area contributed by atoms with Crippen molar-refractivity contribution in [3.63, 3.8) is 0 Å². The molecule has 0 saturated heterocycles. The average molecular weight is 279 g/mol. The van der Waals surface area contributed by atoms with Gasteiger partial charge in [-0.25, -0.2) is 4.98 Å². The second-order valence-electron chi connectivity index (χ2n) is 5.01. The summed E-state index contributed by atoms with van der Waals surface area (Å²) in [7, 11) is 0. The Balaban J connectivity index is 2.41. The van der Waals surface area contributed by atoms with E-state index in [1.54, 1.807) is 4.57 Å². The molecule has 1 heterocycles. The lowest BCUT2D eigenvalue weighted by Gasteiger charge is -2.13. The van der Waals surface area contributed by atoms with Crippen molar-refractivity contribution in [2.45, 2.75) is 13.3 Å². The molecule has 0 radical (unpaired) electrons. The smallest absolute Gasteiger partial charge is 0.266 e. The third kappa shape index (κ3) is 2.34. The van der Waals surface area contributed by atoms with Gasteiger partial charge in [-0.2, -0.15) is 0 Å². The van der Waals surface area contributed by atoms with E-state index < -0.39 is 0 Å². The Morgan fingerprint density at radius 1 is 1.10 bits per heavy atom. The first-order chi connectivity index (χ1) is 10.2. The van der Waals surface area contributed by atoms with Crippen molar-refractivity contribution in [3.8, 4) is 5.69 Å². The van der Waals surface area contributed by atoms with Gasteiger partial charge in [-0.15, -0.1) is 0 Å². The molecule has 0 unspecified atom stereocenters. The molecule has 106 valence electrons. The number of fused-ring (bicyclic) bond motifs is 1. The highest BCUT2D eigenvalue weighted by atomic mass is 16.1. The van der Waals surface area contributed by atoms with Gasteiger partial charge in [0.1, 0.15) is 5.82 Å². The van der Waals surface area contributed by atoms with Crippen molar-refractivity contribution in [2.24, 2.45) is 5.73 Å². The number of nitrogens with two attached hydrogens (primary N) is 1. The Morgan fingerprint density at radius 2 is 1.86 bits per heavy atom. The highest BCUT2D eigenvalue weighted by Crippen LogP contribution is 2.16. The van der Waals surface area contributed by atoms with Gasteiger partial charge in [0.05, 0.1) is 16.6 Å². The first-order valence-electron chi connectivity index (χ1n) is 6.99. The van der Waals surface area contributed by atoms with E-state index in [4.69, 9.17) is 5.73 Å². The van der Waals surface area contributed by atoms with Crippen LogP contribution in [0, 0.1) is 6.92 Å². The van der Waals surface area contributed by atoms with Crippen LogP contribution in [-0.2, 0) is 6.42 Å². The predicted molar refractivity (Wildman–Crippen MR) is 84.8 cm³/mol. The van der Waals surface area contributed by atoms with E-state index in [1.807, 2.05) is 55.5 Å². The highest BCUT2D eigenvalue weighted by Gasteiger charge is 2.13. The van der Waals surface area contributed by atoms with Crippen LogP contribution in [0.25, 0.3) is 16.6 Å². The summed E-state index contributed by atoms with van der Waals surface area (Å²) >= 11 is 0. The quantitative estimate of drug-likeness (QED) is 0.799. The highest BCUT2D eigenvalue weighted by molar-refractivity contribution is 5.81. The van der Waals surface area contributed by atoms with Crippen LogP contribution in [0.2, 0.25) is 0 Å². The maximum Gasteiger partial charge on any atom is 0.266 e. The van der Waals surface area contributed by atoms with E-state index in [1.165, 1.54) is 0 Å². The third-order valence-corrected chi connectivity index (χ3v) is 3.56. The Labute approximate surface area is 122 Å². The summed E-state index contributed by atoms with van der Waals surface area (Å²) in [5.41, 5.74) is 8.14. The molecule has 0 amide bonds. The molecule has 0 spiro atoms. The van der Waals surface area contributed by atoms with Gasteiger partial charge < -0.3 is 5.73 Å². The number of aryl methyl sites for hydroxylation is 1. The lowest BCUT2D eigenvalue weighted by Crippen LogP contribution is -2.26. The van der Waals surface area contributed by atoms with Crippen molar-refractivity contribution in [1.29, 1.82) is 0 Å². The fourth-order valence-electron chi connectivity index (χ4n) is 2.58. The van der Waals surface area contributed by atoms with Gasteiger partial charge in [0.25, 0.3) is 5.56 Å². The fraction of sp³-hybridized carbons (Fsp3) is 0.176. The summed E-state index contributed by atoms with van der Waals surface area (Å²) in [5, 5.41) is 0.669. The molecule has 0 saturated carbocycles. The fourth-order valence-corrected chi connectivity index (χ4v) is 2.58. The summed E-state index contributed by atoms with van der Waals surface area (Å²) in [6, 6.07) is 15.3. The zero-order valence-electron chi connectivity index (χ0n) is 11.9. The molecule has 0 fully saturated rings. The van der Waals surface area contributed by atoms with Gasteiger partial charge >= 0.3 is 0 Å². The van der Waals surface area contributed by atoms with Gasteiger partial charge in [0.2, 0.25) is 0 Å². The minimum atomic E-state index is -0.0345. The van der Waals surface area contributed by atoms with Gasteiger partial charge in [-0.05, 0) is 37.2 Å². The van der Waals surface area contributed by atoms with Crippen LogP contribution in [0.15, 0.2) is 53.3 Å². The number of rotatable bonds is 3. The van der Waals surface area contributed by atoms with Crippen LogP contribution in [0.4, 0.5) is 0 Å². The lowest BCUT2D eigenvalue weighted by molar-refractivity contribution is 0.796. The van der Waals surface area contributed by atoms with E-state index in [0.29, 0.717) is 24.2 Å². The molecule has 0 bridgehead atoms. The largest absolute Gasteiger partial charge is 0.330 e. The first kappa shape index (κ1) is 13.5. The van der Waals surface area contributed by atoms with Crippen molar-refractivity contribution in [1.82, 2.24) is 9.55 Å². The van der Waals surface area contributed by atoms with Crippen molar-refractivity contribution >= 4 is 10.9 Å². The van der Waals surface area contributed by atoms with Crippen molar-refractivity contribution in [3.05, 3.63) is 70.3 Å². The van der Waals surface area contributed by atoms with Gasteiger partial charge in [-0.1, -0.05) is 30.3 Å². The van der Waals surface area contributed by atoms with E-state index in [0.717, 1.165) is 16.8 Å². The molecule has 3 aromatic rings. The summed E-state index contributed by atoms with van der Waals surface area (Å²) in [4.78, 5) is 17.6. The summed E-state index contributed by atoms with van der Waals surface area (Å²) in [6.07, 6.45) is 0.564. The van der Waals surface area contributed by atoms with Crippen LogP contribution in [-0.4, -0.2) is 16.1 Å². The molecule has 2 aromatic carbocycles. The monoisotopic (exact) mass is 279 g/mol. The molecule has 21 heavy (non-hydrogen) atoms. The molecular weight excluding hydrogens is 262 g/mol. The Kier molecular flexibility index (Phi) is 3.54. The zero-order chi connectivity index (χ0) is 14.8. The first-order valence-corrected chi connectivity index (χ1v) is 6.99. The van der Waals surface area contributed by atoms with Crippen LogP contribution in [0.1, 0.15) is 11.4 Å². The molecule has 4 nitrogen and oxygen atoms in total. The maximum absolute atomic E-state index is 12.9. The molecule has 0 aliphatic carbocycles. The SMILES string of the molecule is Cc1cccc2nc(CCN)n(-c3ccccc3)c(=O)c12. The van der Waals surface area contributed by atoms with Crippen molar-refractivity contribution in [2.75, 3.05) is 6.54 Å². The number of nitrogens with zero attached hydrogens (tertiary/aromatic N) is 2. The second kappa shape index (κ2) is 5.50. The Hall–Kier alpha value is -2.46. The summed E-state index contributed by atoms with van der Waals surface area (Å²) in [6.45, 7) is 2.39. The molecule has 2 N–H and O–H groups in total. The second-order valence-corrected chi connectivity index (χ2v) is 5.01. The minimum Gasteiger partial charge on any atom is -0.330 e. The Morgan fingerprint density at radius 3 is 2.57 bits per heavy atom. The molecule has 0 aliphatic heterocycles. The van der Waals surface area contributed by atoms with Crippen molar-refractivity contribution < 1.29 is 0 Å². The average Bonchev–Trinajstić information content (AvgIpc) is 2.48.